The average Bonchev–Trinajstić information content (AvgIpc) is 2.22. The lowest BCUT2D eigenvalue weighted by Gasteiger charge is -2.07. The van der Waals surface area contributed by atoms with Gasteiger partial charge in [-0.05, 0) is 41.4 Å². The minimum atomic E-state index is -0.602. The molecule has 0 aliphatic rings. The molecule has 1 rings (SSSR count). The second-order valence-corrected chi connectivity index (χ2v) is 4.44. The van der Waals surface area contributed by atoms with Crippen LogP contribution < -0.4 is 0 Å². The Hall–Kier alpha value is -0.740. The van der Waals surface area contributed by atoms with E-state index in [9.17, 15) is 8.78 Å². The van der Waals surface area contributed by atoms with Crippen LogP contribution in [0.1, 0.15) is 18.9 Å². The molecule has 1 aromatic rings. The van der Waals surface area contributed by atoms with E-state index in [4.69, 9.17) is 4.74 Å². The zero-order valence-corrected chi connectivity index (χ0v) is 10.6. The van der Waals surface area contributed by atoms with Crippen molar-refractivity contribution >= 4 is 15.9 Å². The number of rotatable bonds is 5. The lowest BCUT2D eigenvalue weighted by atomic mass is 10.2. The smallest absolute Gasteiger partial charge is 0.145 e. The topological polar surface area (TPSA) is 9.23 Å². The maximum absolute atomic E-state index is 13.5. The minimum absolute atomic E-state index is 0.0453. The summed E-state index contributed by atoms with van der Waals surface area (Å²) in [5, 5.41) is 0. The number of benzene rings is 1. The molecule has 16 heavy (non-hydrogen) atoms. The molecule has 1 nitrogen and oxygen atoms in total. The lowest BCUT2D eigenvalue weighted by molar-refractivity contribution is 0.118. The van der Waals surface area contributed by atoms with Crippen molar-refractivity contribution in [3.63, 3.8) is 0 Å². The van der Waals surface area contributed by atoms with Crippen molar-refractivity contribution in [3.8, 4) is 0 Å². The molecule has 0 aliphatic heterocycles. The first-order chi connectivity index (χ1) is 7.52. The van der Waals surface area contributed by atoms with E-state index in [0.717, 1.165) is 5.57 Å². The number of hydrogen-bond donors (Lipinski definition) is 0. The van der Waals surface area contributed by atoms with E-state index in [1.165, 1.54) is 12.1 Å². The van der Waals surface area contributed by atoms with E-state index in [1.807, 2.05) is 6.92 Å². The molecule has 0 radical (unpaired) electrons. The molecule has 0 atom stereocenters. The third kappa shape index (κ3) is 3.68. The van der Waals surface area contributed by atoms with Gasteiger partial charge in [0.05, 0.1) is 23.2 Å². The fourth-order valence-electron chi connectivity index (χ4n) is 1.12. The molecule has 0 aromatic heterocycles. The van der Waals surface area contributed by atoms with E-state index in [0.29, 0.717) is 13.0 Å². The van der Waals surface area contributed by atoms with Gasteiger partial charge in [-0.1, -0.05) is 5.57 Å². The van der Waals surface area contributed by atoms with E-state index in [1.54, 1.807) is 0 Å². The van der Waals surface area contributed by atoms with Gasteiger partial charge in [-0.25, -0.2) is 8.78 Å². The number of hydrogen-bond acceptors (Lipinski definition) is 1. The summed E-state index contributed by atoms with van der Waals surface area (Å²) in [5.41, 5.74) is 0.936. The molecule has 0 bridgehead atoms. The number of halogens is 3. The van der Waals surface area contributed by atoms with Gasteiger partial charge >= 0.3 is 0 Å². The molecule has 0 heterocycles. The maximum Gasteiger partial charge on any atom is 0.145 e. The third-order valence-electron chi connectivity index (χ3n) is 2.06. The monoisotopic (exact) mass is 290 g/mol. The summed E-state index contributed by atoms with van der Waals surface area (Å²) < 4.78 is 32.2. The van der Waals surface area contributed by atoms with Crippen LogP contribution in [0.3, 0.4) is 0 Å². The Morgan fingerprint density at radius 3 is 2.75 bits per heavy atom. The summed E-state index contributed by atoms with van der Waals surface area (Å²) in [6, 6.07) is 2.55. The standard InChI is InChI=1S/C12H13BrF2O/c1-8(2)5-6-16-7-9-11(14)4-3-10(13)12(9)15/h3-4H,1,5-7H2,2H3. The van der Waals surface area contributed by atoms with E-state index in [2.05, 4.69) is 22.5 Å². The molecule has 0 unspecified atom stereocenters. The van der Waals surface area contributed by atoms with E-state index in [-0.39, 0.29) is 16.6 Å². The summed E-state index contributed by atoms with van der Waals surface area (Å²) in [5.74, 6) is -1.19. The largest absolute Gasteiger partial charge is 0.376 e. The van der Waals surface area contributed by atoms with Crippen LogP contribution in [0.25, 0.3) is 0 Å². The molecule has 0 saturated carbocycles. The molecule has 0 amide bonds. The SMILES string of the molecule is C=C(C)CCOCc1c(F)ccc(Br)c1F. The fourth-order valence-corrected chi connectivity index (χ4v) is 1.49. The van der Waals surface area contributed by atoms with Crippen molar-refractivity contribution in [2.75, 3.05) is 6.61 Å². The summed E-state index contributed by atoms with van der Waals surface area (Å²) in [6.07, 6.45) is 0.692. The highest BCUT2D eigenvalue weighted by atomic mass is 79.9. The molecule has 0 aliphatic carbocycles. The Morgan fingerprint density at radius 2 is 2.12 bits per heavy atom. The zero-order chi connectivity index (χ0) is 12.1. The molecule has 4 heteroatoms. The van der Waals surface area contributed by atoms with Gasteiger partial charge in [-0.3, -0.25) is 0 Å². The van der Waals surface area contributed by atoms with Crippen molar-refractivity contribution in [2.45, 2.75) is 20.0 Å². The highest BCUT2D eigenvalue weighted by Crippen LogP contribution is 2.22. The molecular formula is C12H13BrF2O. The van der Waals surface area contributed by atoms with Gasteiger partial charge in [0.25, 0.3) is 0 Å². The van der Waals surface area contributed by atoms with Crippen molar-refractivity contribution in [1.29, 1.82) is 0 Å². The van der Waals surface area contributed by atoms with Gasteiger partial charge in [0.2, 0.25) is 0 Å². The van der Waals surface area contributed by atoms with Gasteiger partial charge in [0.15, 0.2) is 0 Å². The Labute approximate surface area is 102 Å². The molecule has 0 spiro atoms. The van der Waals surface area contributed by atoms with Crippen LogP contribution in [0.15, 0.2) is 28.8 Å². The Balaban J connectivity index is 2.60. The van der Waals surface area contributed by atoms with Crippen LogP contribution >= 0.6 is 15.9 Å². The quantitative estimate of drug-likeness (QED) is 0.448. The van der Waals surface area contributed by atoms with Gasteiger partial charge < -0.3 is 4.74 Å². The first-order valence-corrected chi connectivity index (χ1v) is 5.66. The zero-order valence-electron chi connectivity index (χ0n) is 9.03. The predicted octanol–water partition coefficient (Wildman–Crippen LogP) is 4.21. The maximum atomic E-state index is 13.5. The van der Waals surface area contributed by atoms with Crippen LogP contribution in [0.4, 0.5) is 8.78 Å². The highest BCUT2D eigenvalue weighted by Gasteiger charge is 2.11. The summed E-state index contributed by atoms with van der Waals surface area (Å²) in [7, 11) is 0. The molecule has 0 fully saturated rings. The van der Waals surface area contributed by atoms with Crippen LogP contribution in [0.2, 0.25) is 0 Å². The molecule has 1 aromatic carbocycles. The van der Waals surface area contributed by atoms with E-state index < -0.39 is 11.6 Å². The summed E-state index contributed by atoms with van der Waals surface area (Å²) in [4.78, 5) is 0. The Morgan fingerprint density at radius 1 is 1.44 bits per heavy atom. The molecular weight excluding hydrogens is 278 g/mol. The third-order valence-corrected chi connectivity index (χ3v) is 2.67. The predicted molar refractivity (Wildman–Crippen MR) is 63.1 cm³/mol. The average molecular weight is 291 g/mol. The first kappa shape index (κ1) is 13.3. The van der Waals surface area contributed by atoms with Crippen molar-refractivity contribution in [2.24, 2.45) is 0 Å². The second-order valence-electron chi connectivity index (χ2n) is 3.58. The summed E-state index contributed by atoms with van der Waals surface area (Å²) >= 11 is 3.00. The fraction of sp³-hybridized carbons (Fsp3) is 0.333. The van der Waals surface area contributed by atoms with Crippen molar-refractivity contribution in [3.05, 3.63) is 46.0 Å². The van der Waals surface area contributed by atoms with Crippen LogP contribution in [0.5, 0.6) is 0 Å². The van der Waals surface area contributed by atoms with Crippen LogP contribution in [0, 0.1) is 11.6 Å². The summed E-state index contributed by atoms with van der Waals surface area (Å²) in [6.45, 7) is 5.94. The highest BCUT2D eigenvalue weighted by molar-refractivity contribution is 9.10. The molecule has 88 valence electrons. The van der Waals surface area contributed by atoms with Gasteiger partial charge in [0.1, 0.15) is 11.6 Å². The Kier molecular flexibility index (Phi) is 5.09. The van der Waals surface area contributed by atoms with E-state index >= 15 is 0 Å². The van der Waals surface area contributed by atoms with Gasteiger partial charge in [-0.15, -0.1) is 6.58 Å². The van der Waals surface area contributed by atoms with Crippen LogP contribution in [-0.4, -0.2) is 6.61 Å². The number of ether oxygens (including phenoxy) is 1. The molecule has 0 N–H and O–H groups in total. The van der Waals surface area contributed by atoms with Crippen molar-refractivity contribution in [1.82, 2.24) is 0 Å². The normalized spacial score (nSPS) is 10.5. The molecule has 0 saturated heterocycles. The Bertz CT molecular complexity index is 391. The van der Waals surface area contributed by atoms with Crippen LogP contribution in [-0.2, 0) is 11.3 Å². The minimum Gasteiger partial charge on any atom is -0.376 e. The van der Waals surface area contributed by atoms with Gasteiger partial charge in [-0.2, -0.15) is 0 Å². The second kappa shape index (κ2) is 6.11. The van der Waals surface area contributed by atoms with Crippen molar-refractivity contribution < 1.29 is 13.5 Å². The lowest BCUT2D eigenvalue weighted by Crippen LogP contribution is -2.02. The first-order valence-electron chi connectivity index (χ1n) is 4.87. The van der Waals surface area contributed by atoms with Gasteiger partial charge in [0, 0.05) is 0 Å².